The third-order valence-electron chi connectivity index (χ3n) is 4.74. The summed E-state index contributed by atoms with van der Waals surface area (Å²) in [5, 5.41) is 12.0. The highest BCUT2D eigenvalue weighted by Crippen LogP contribution is 2.32. The van der Waals surface area contributed by atoms with Crippen LogP contribution in [-0.2, 0) is 23.0 Å². The van der Waals surface area contributed by atoms with Crippen molar-refractivity contribution in [1.29, 1.82) is 0 Å². The van der Waals surface area contributed by atoms with Crippen molar-refractivity contribution in [3.8, 4) is 11.5 Å². The summed E-state index contributed by atoms with van der Waals surface area (Å²) in [6.07, 6.45) is 2.86. The van der Waals surface area contributed by atoms with Gasteiger partial charge in [0.05, 0.1) is 4.90 Å². The van der Waals surface area contributed by atoms with E-state index in [4.69, 9.17) is 9.47 Å². The fourth-order valence-corrected chi connectivity index (χ4v) is 4.86. The van der Waals surface area contributed by atoms with Gasteiger partial charge in [-0.05, 0) is 42.3 Å². The van der Waals surface area contributed by atoms with E-state index < -0.39 is 15.9 Å². The first kappa shape index (κ1) is 22.2. The van der Waals surface area contributed by atoms with E-state index >= 15 is 0 Å². The van der Waals surface area contributed by atoms with Gasteiger partial charge in [0.1, 0.15) is 5.01 Å². The second-order valence-corrected chi connectivity index (χ2v) is 9.93. The van der Waals surface area contributed by atoms with Gasteiger partial charge in [0, 0.05) is 18.5 Å². The molecule has 0 unspecified atom stereocenters. The largest absolute Gasteiger partial charge is 0.454 e. The molecule has 32 heavy (non-hydrogen) atoms. The number of hydrogen-bond acceptors (Lipinski definition) is 8. The molecule has 1 amide bonds. The fourth-order valence-electron chi connectivity index (χ4n) is 3.02. The van der Waals surface area contributed by atoms with E-state index in [0.29, 0.717) is 16.6 Å². The Morgan fingerprint density at radius 3 is 2.81 bits per heavy atom. The summed E-state index contributed by atoms with van der Waals surface area (Å²) in [6, 6.07) is 11.1. The lowest BCUT2D eigenvalue weighted by Gasteiger charge is -2.09. The lowest BCUT2D eigenvalue weighted by atomic mass is 10.2. The number of carbonyl (C=O) groups excluding carboxylic acids is 1. The van der Waals surface area contributed by atoms with E-state index in [9.17, 15) is 13.2 Å². The molecule has 0 radical (unpaired) electrons. The summed E-state index contributed by atoms with van der Waals surface area (Å²) in [7, 11) is -3.84. The van der Waals surface area contributed by atoms with Crippen molar-refractivity contribution in [2.45, 2.75) is 37.6 Å². The van der Waals surface area contributed by atoms with Crippen LogP contribution in [0.5, 0.6) is 11.5 Å². The molecule has 1 aliphatic rings. The van der Waals surface area contributed by atoms with Crippen LogP contribution in [0.1, 0.15) is 40.7 Å². The predicted molar refractivity (Wildman–Crippen MR) is 120 cm³/mol. The highest BCUT2D eigenvalue weighted by molar-refractivity contribution is 7.89. The fraction of sp³-hybridized carbons (Fsp3) is 0.286. The molecule has 1 aliphatic heterocycles. The van der Waals surface area contributed by atoms with Crippen molar-refractivity contribution in [1.82, 2.24) is 14.9 Å². The number of nitrogens with zero attached hydrogens (tertiary/aromatic N) is 2. The molecule has 2 N–H and O–H groups in total. The van der Waals surface area contributed by atoms with E-state index in [0.717, 1.165) is 29.8 Å². The molecule has 0 saturated carbocycles. The Bertz CT molecular complexity index is 1230. The Morgan fingerprint density at radius 2 is 1.97 bits per heavy atom. The summed E-state index contributed by atoms with van der Waals surface area (Å²) in [5.41, 5.74) is 0.933. The second kappa shape index (κ2) is 9.63. The van der Waals surface area contributed by atoms with Crippen LogP contribution in [0.3, 0.4) is 0 Å². The van der Waals surface area contributed by atoms with Gasteiger partial charge in [-0.3, -0.25) is 10.1 Å². The summed E-state index contributed by atoms with van der Waals surface area (Å²) < 4.78 is 38.6. The number of rotatable bonds is 9. The van der Waals surface area contributed by atoms with Gasteiger partial charge in [-0.1, -0.05) is 36.8 Å². The third kappa shape index (κ3) is 5.23. The number of unbranched alkanes of at least 4 members (excludes halogenated alkanes) is 1. The maximum Gasteiger partial charge on any atom is 0.257 e. The smallest absolute Gasteiger partial charge is 0.257 e. The van der Waals surface area contributed by atoms with Gasteiger partial charge in [-0.15, -0.1) is 10.2 Å². The molecule has 0 bridgehead atoms. The monoisotopic (exact) mass is 474 g/mol. The molecule has 2 aromatic carbocycles. The Morgan fingerprint density at radius 1 is 1.12 bits per heavy atom. The van der Waals surface area contributed by atoms with Crippen LogP contribution in [0, 0.1) is 0 Å². The zero-order valence-corrected chi connectivity index (χ0v) is 19.0. The second-order valence-electron chi connectivity index (χ2n) is 7.10. The topological polar surface area (TPSA) is 120 Å². The van der Waals surface area contributed by atoms with E-state index in [2.05, 4.69) is 27.2 Å². The SMILES string of the molecule is CCCCc1nnc(NC(=O)c2cccc(S(=O)(=O)NCc3ccc4c(c3)OCO4)c2)s1. The van der Waals surface area contributed by atoms with Crippen molar-refractivity contribution in [2.75, 3.05) is 12.1 Å². The third-order valence-corrected chi connectivity index (χ3v) is 7.04. The van der Waals surface area contributed by atoms with Crippen molar-refractivity contribution in [3.05, 3.63) is 58.6 Å². The normalized spacial score (nSPS) is 12.7. The molecule has 1 aromatic heterocycles. The van der Waals surface area contributed by atoms with Gasteiger partial charge < -0.3 is 9.47 Å². The van der Waals surface area contributed by atoms with Crippen LogP contribution >= 0.6 is 11.3 Å². The van der Waals surface area contributed by atoms with Crippen molar-refractivity contribution in [2.24, 2.45) is 0 Å². The first-order valence-corrected chi connectivity index (χ1v) is 12.4. The minimum Gasteiger partial charge on any atom is -0.454 e. The lowest BCUT2D eigenvalue weighted by molar-refractivity contribution is 0.102. The first-order chi connectivity index (χ1) is 15.4. The van der Waals surface area contributed by atoms with Gasteiger partial charge in [-0.2, -0.15) is 0 Å². The standard InChI is InChI=1S/C21H22N4O5S2/c1-2-3-7-19-24-25-21(31-19)23-20(26)15-5-4-6-16(11-15)32(27,28)22-12-14-8-9-17-18(10-14)30-13-29-17/h4-6,8-11,22H,2-3,7,12-13H2,1H3,(H,23,25,26). The molecule has 0 atom stereocenters. The number of benzene rings is 2. The number of hydrogen-bond donors (Lipinski definition) is 2. The molecule has 0 fully saturated rings. The minimum atomic E-state index is -3.84. The molecular formula is C21H22N4O5S2. The molecule has 0 spiro atoms. The van der Waals surface area contributed by atoms with Crippen LogP contribution in [0.4, 0.5) is 5.13 Å². The number of carbonyl (C=O) groups is 1. The zero-order chi connectivity index (χ0) is 22.6. The van der Waals surface area contributed by atoms with Gasteiger partial charge >= 0.3 is 0 Å². The minimum absolute atomic E-state index is 0.00760. The zero-order valence-electron chi connectivity index (χ0n) is 17.3. The van der Waals surface area contributed by atoms with Crippen LogP contribution in [0.2, 0.25) is 0 Å². The average Bonchev–Trinajstić information content (AvgIpc) is 3.45. The summed E-state index contributed by atoms with van der Waals surface area (Å²) in [5.74, 6) is 0.758. The molecule has 3 aromatic rings. The predicted octanol–water partition coefficient (Wildman–Crippen LogP) is 3.34. The average molecular weight is 475 g/mol. The summed E-state index contributed by atoms with van der Waals surface area (Å²) in [6.45, 7) is 2.31. The molecule has 0 aliphatic carbocycles. The van der Waals surface area contributed by atoms with Crippen molar-refractivity contribution in [3.63, 3.8) is 0 Å². The number of nitrogens with one attached hydrogen (secondary N) is 2. The molecular weight excluding hydrogens is 452 g/mol. The molecule has 2 heterocycles. The number of fused-ring (bicyclic) bond motifs is 1. The molecule has 9 nitrogen and oxygen atoms in total. The Balaban J connectivity index is 1.41. The highest BCUT2D eigenvalue weighted by atomic mass is 32.2. The molecule has 11 heteroatoms. The summed E-state index contributed by atoms with van der Waals surface area (Å²) in [4.78, 5) is 12.6. The Labute approximate surface area is 189 Å². The molecule has 168 valence electrons. The van der Waals surface area contributed by atoms with Crippen molar-refractivity contribution >= 4 is 32.4 Å². The summed E-state index contributed by atoms with van der Waals surface area (Å²) >= 11 is 1.32. The van der Waals surface area contributed by atoms with E-state index in [1.54, 1.807) is 24.3 Å². The number of amides is 1. The van der Waals surface area contributed by atoms with Crippen LogP contribution in [0.25, 0.3) is 0 Å². The number of anilines is 1. The van der Waals surface area contributed by atoms with E-state index in [-0.39, 0.29) is 23.8 Å². The van der Waals surface area contributed by atoms with Crippen molar-refractivity contribution < 1.29 is 22.7 Å². The van der Waals surface area contributed by atoms with Gasteiger partial charge in [0.15, 0.2) is 11.5 Å². The van der Waals surface area contributed by atoms with Crippen LogP contribution < -0.4 is 19.5 Å². The number of sulfonamides is 1. The van der Waals surface area contributed by atoms with Gasteiger partial charge in [0.25, 0.3) is 5.91 Å². The van der Waals surface area contributed by atoms with E-state index in [1.807, 2.05) is 0 Å². The maximum atomic E-state index is 12.8. The number of ether oxygens (including phenoxy) is 2. The number of aromatic nitrogens is 2. The molecule has 0 saturated heterocycles. The van der Waals surface area contributed by atoms with Gasteiger partial charge in [-0.25, -0.2) is 13.1 Å². The maximum absolute atomic E-state index is 12.8. The highest BCUT2D eigenvalue weighted by Gasteiger charge is 2.18. The van der Waals surface area contributed by atoms with Crippen LogP contribution in [0.15, 0.2) is 47.4 Å². The lowest BCUT2D eigenvalue weighted by Crippen LogP contribution is -2.23. The molecule has 4 rings (SSSR count). The van der Waals surface area contributed by atoms with E-state index in [1.165, 1.54) is 29.5 Å². The quantitative estimate of drug-likeness (QED) is 0.488. The van der Waals surface area contributed by atoms with Crippen LogP contribution in [-0.4, -0.2) is 31.3 Å². The first-order valence-electron chi connectivity index (χ1n) is 10.1. The van der Waals surface area contributed by atoms with Gasteiger partial charge in [0.2, 0.25) is 21.9 Å². The Kier molecular flexibility index (Phi) is 6.68. The Hall–Kier alpha value is -3.02. The number of aryl methyl sites for hydroxylation is 1.